The summed E-state index contributed by atoms with van der Waals surface area (Å²) in [5.41, 5.74) is 0.939. The van der Waals surface area contributed by atoms with Crippen molar-refractivity contribution in [3.8, 4) is 0 Å². The Kier molecular flexibility index (Phi) is 3.96. The second-order valence-corrected chi connectivity index (χ2v) is 1.87. The van der Waals surface area contributed by atoms with E-state index in [2.05, 4.69) is 29.9 Å². The first-order valence-corrected chi connectivity index (χ1v) is 2.82. The lowest BCUT2D eigenvalue weighted by Gasteiger charge is -1.92. The quantitative estimate of drug-likeness (QED) is 0.252. The Balaban J connectivity index is 3.77. The molecule has 0 unspecified atom stereocenters. The molecule has 54 valence electrons. The van der Waals surface area contributed by atoms with Gasteiger partial charge in [-0.1, -0.05) is 30.0 Å². The van der Waals surface area contributed by atoms with Crippen LogP contribution in [0.3, 0.4) is 0 Å². The molecule has 0 aliphatic rings. The van der Waals surface area contributed by atoms with Gasteiger partial charge in [-0.3, -0.25) is 0 Å². The molecule has 0 atom stereocenters. The Bertz CT molecular complexity index is 180. The van der Waals surface area contributed by atoms with Crippen LogP contribution in [-0.2, 0) is 4.84 Å². The van der Waals surface area contributed by atoms with Gasteiger partial charge in [-0.25, -0.2) is 0 Å². The summed E-state index contributed by atoms with van der Waals surface area (Å²) in [4.78, 5) is 4.58. The molecule has 10 heavy (non-hydrogen) atoms. The van der Waals surface area contributed by atoms with Gasteiger partial charge in [0.05, 0.1) is 0 Å². The van der Waals surface area contributed by atoms with Crippen molar-refractivity contribution in [2.75, 3.05) is 0 Å². The molecule has 0 fully saturated rings. The molecule has 0 N–H and O–H groups in total. The summed E-state index contributed by atoms with van der Waals surface area (Å²) < 4.78 is 0. The van der Waals surface area contributed by atoms with Crippen molar-refractivity contribution in [3.63, 3.8) is 0 Å². The minimum Gasteiger partial charge on any atom is -0.358 e. The summed E-state index contributed by atoms with van der Waals surface area (Å²) in [5.74, 6) is 0.456. The first-order chi connectivity index (χ1) is 4.66. The molecule has 2 nitrogen and oxygen atoms in total. The summed E-state index contributed by atoms with van der Waals surface area (Å²) in [5, 5.41) is 3.18. The molecule has 0 radical (unpaired) electrons. The van der Waals surface area contributed by atoms with Gasteiger partial charge in [-0.05, 0) is 13.0 Å². The van der Waals surface area contributed by atoms with Crippen molar-refractivity contribution in [2.24, 2.45) is 5.16 Å². The summed E-state index contributed by atoms with van der Waals surface area (Å²) >= 11 is 0. The zero-order chi connectivity index (χ0) is 7.98. The van der Waals surface area contributed by atoms with Crippen molar-refractivity contribution in [1.82, 2.24) is 0 Å². The fourth-order valence-electron chi connectivity index (χ4n) is 0.349. The minimum absolute atomic E-state index is 0.456. The lowest BCUT2D eigenvalue weighted by Crippen LogP contribution is -1.75. The largest absolute Gasteiger partial charge is 0.358 e. The van der Waals surface area contributed by atoms with Gasteiger partial charge in [0, 0.05) is 6.72 Å². The second-order valence-electron chi connectivity index (χ2n) is 1.87. The number of rotatable bonds is 4. The van der Waals surface area contributed by atoms with Crippen LogP contribution in [0.2, 0.25) is 0 Å². The topological polar surface area (TPSA) is 21.6 Å². The van der Waals surface area contributed by atoms with Gasteiger partial charge < -0.3 is 4.84 Å². The molecule has 0 saturated carbocycles. The highest BCUT2D eigenvalue weighted by atomic mass is 16.6. The van der Waals surface area contributed by atoms with Gasteiger partial charge in [0.25, 0.3) is 0 Å². The lowest BCUT2D eigenvalue weighted by atomic mass is 10.3. The van der Waals surface area contributed by atoms with E-state index in [4.69, 9.17) is 0 Å². The Labute approximate surface area is 61.2 Å². The molecule has 2 heteroatoms. The normalized spacial score (nSPS) is 9.30. The fourth-order valence-corrected chi connectivity index (χ4v) is 0.349. The number of hydrogen-bond acceptors (Lipinski definition) is 2. The van der Waals surface area contributed by atoms with Gasteiger partial charge >= 0.3 is 0 Å². The number of nitrogens with zero attached hydrogens (tertiary/aromatic N) is 1. The van der Waals surface area contributed by atoms with Crippen molar-refractivity contribution in [1.29, 1.82) is 0 Å². The average molecular weight is 137 g/mol. The maximum Gasteiger partial charge on any atom is 0.150 e. The van der Waals surface area contributed by atoms with E-state index in [1.165, 1.54) is 0 Å². The SMILES string of the molecule is C=NOC(=C)/C=C\C(=C)C. The number of allylic oxidation sites excluding steroid dienone is 3. The van der Waals surface area contributed by atoms with E-state index in [1.54, 1.807) is 12.2 Å². The van der Waals surface area contributed by atoms with Crippen molar-refractivity contribution in [2.45, 2.75) is 6.92 Å². The Morgan fingerprint density at radius 1 is 1.40 bits per heavy atom. The summed E-state index contributed by atoms with van der Waals surface area (Å²) in [6.07, 6.45) is 3.46. The van der Waals surface area contributed by atoms with Crippen LogP contribution in [0.1, 0.15) is 6.92 Å². The van der Waals surface area contributed by atoms with Gasteiger partial charge in [0.1, 0.15) is 0 Å². The Morgan fingerprint density at radius 2 is 2.00 bits per heavy atom. The van der Waals surface area contributed by atoms with E-state index >= 15 is 0 Å². The third kappa shape index (κ3) is 4.84. The maximum absolute atomic E-state index is 4.58. The molecule has 0 aliphatic carbocycles. The predicted octanol–water partition coefficient (Wildman–Crippen LogP) is 2.26. The van der Waals surface area contributed by atoms with Gasteiger partial charge in [0.15, 0.2) is 5.76 Å². The summed E-state index contributed by atoms with van der Waals surface area (Å²) in [6.45, 7) is 12.2. The van der Waals surface area contributed by atoms with E-state index in [0.717, 1.165) is 5.57 Å². The van der Waals surface area contributed by atoms with Crippen LogP contribution in [0.25, 0.3) is 0 Å². The van der Waals surface area contributed by atoms with Crippen LogP contribution in [-0.4, -0.2) is 6.72 Å². The monoisotopic (exact) mass is 137 g/mol. The highest BCUT2D eigenvalue weighted by Crippen LogP contribution is 1.98. The van der Waals surface area contributed by atoms with E-state index in [-0.39, 0.29) is 0 Å². The summed E-state index contributed by atoms with van der Waals surface area (Å²) in [7, 11) is 0. The molecular weight excluding hydrogens is 126 g/mol. The molecule has 0 bridgehead atoms. The molecule has 0 aromatic heterocycles. The third-order valence-electron chi connectivity index (χ3n) is 0.736. The number of hydrogen-bond donors (Lipinski definition) is 0. The molecule has 0 rings (SSSR count). The van der Waals surface area contributed by atoms with Crippen LogP contribution in [0.15, 0.2) is 41.8 Å². The Hall–Kier alpha value is -1.31. The Morgan fingerprint density at radius 3 is 2.40 bits per heavy atom. The molecule has 0 saturated heterocycles. The van der Waals surface area contributed by atoms with Crippen LogP contribution in [0.5, 0.6) is 0 Å². The smallest absolute Gasteiger partial charge is 0.150 e. The van der Waals surface area contributed by atoms with Crippen molar-refractivity contribution in [3.05, 3.63) is 36.6 Å². The highest BCUT2D eigenvalue weighted by Gasteiger charge is 1.82. The highest BCUT2D eigenvalue weighted by molar-refractivity contribution is 5.23. The molecule has 0 heterocycles. The van der Waals surface area contributed by atoms with Crippen LogP contribution in [0, 0.1) is 0 Å². The van der Waals surface area contributed by atoms with Crippen LogP contribution >= 0.6 is 0 Å². The van der Waals surface area contributed by atoms with Gasteiger partial charge in [0.2, 0.25) is 0 Å². The standard InChI is InChI=1S/C8H11NO/c1-7(2)5-6-8(3)10-9-4/h5-6H,1,3-4H2,2H3/b6-5-. The van der Waals surface area contributed by atoms with E-state index in [9.17, 15) is 0 Å². The fraction of sp³-hybridized carbons (Fsp3) is 0.125. The average Bonchev–Trinajstić information content (AvgIpc) is 1.85. The first-order valence-electron chi connectivity index (χ1n) is 2.82. The van der Waals surface area contributed by atoms with Gasteiger partial charge in [-0.15, -0.1) is 0 Å². The van der Waals surface area contributed by atoms with Crippen LogP contribution < -0.4 is 0 Å². The second kappa shape index (κ2) is 4.56. The molecule has 0 aromatic rings. The third-order valence-corrected chi connectivity index (χ3v) is 0.736. The van der Waals surface area contributed by atoms with E-state index in [1.807, 2.05) is 6.92 Å². The zero-order valence-electron chi connectivity index (χ0n) is 6.13. The summed E-state index contributed by atoms with van der Waals surface area (Å²) in [6, 6.07) is 0. The number of oxime groups is 1. The minimum atomic E-state index is 0.456. The van der Waals surface area contributed by atoms with E-state index < -0.39 is 0 Å². The maximum atomic E-state index is 4.58. The zero-order valence-corrected chi connectivity index (χ0v) is 6.13. The van der Waals surface area contributed by atoms with E-state index in [0.29, 0.717) is 5.76 Å². The van der Waals surface area contributed by atoms with Gasteiger partial charge in [-0.2, -0.15) is 0 Å². The molecule has 0 spiro atoms. The van der Waals surface area contributed by atoms with Crippen LogP contribution in [0.4, 0.5) is 0 Å². The molecule has 0 aliphatic heterocycles. The lowest BCUT2D eigenvalue weighted by molar-refractivity contribution is 0.246. The molecular formula is C8H11NO. The molecule has 0 aromatic carbocycles. The first kappa shape index (κ1) is 8.69. The van der Waals surface area contributed by atoms with Crippen molar-refractivity contribution >= 4 is 6.72 Å². The molecule has 0 amide bonds. The predicted molar refractivity (Wildman–Crippen MR) is 43.7 cm³/mol. The van der Waals surface area contributed by atoms with Crippen molar-refractivity contribution < 1.29 is 4.84 Å².